The van der Waals surface area contributed by atoms with Crippen molar-refractivity contribution in [3.05, 3.63) is 12.7 Å². The summed E-state index contributed by atoms with van der Waals surface area (Å²) in [6.07, 6.45) is 2.01. The normalized spacial score (nSPS) is 9.58. The van der Waals surface area contributed by atoms with E-state index in [-0.39, 0.29) is 6.42 Å². The quantitative estimate of drug-likeness (QED) is 0.366. The van der Waals surface area contributed by atoms with Crippen LogP contribution in [-0.2, 0) is 14.3 Å². The molecule has 0 aromatic heterocycles. The molecule has 0 radical (unpaired) electrons. The molecule has 0 N–H and O–H groups in total. The second-order valence-electron chi connectivity index (χ2n) is 2.93. The van der Waals surface area contributed by atoms with Crippen LogP contribution in [0, 0.1) is 5.92 Å². The lowest BCUT2D eigenvalue weighted by Crippen LogP contribution is -2.10. The molecule has 0 rings (SSSR count). The Morgan fingerprint density at radius 3 is 2.50 bits per heavy atom. The molecule has 0 aromatic rings. The molecule has 0 aliphatic rings. The van der Waals surface area contributed by atoms with Gasteiger partial charge in [0.15, 0.2) is 0 Å². The van der Waals surface area contributed by atoms with Crippen molar-refractivity contribution >= 4 is 11.9 Å². The fourth-order valence-corrected chi connectivity index (χ4v) is 0.611. The second kappa shape index (κ2) is 5.52. The van der Waals surface area contributed by atoms with Gasteiger partial charge in [0.2, 0.25) is 0 Å². The lowest BCUT2D eigenvalue weighted by Gasteiger charge is -2.02. The third kappa shape index (κ3) is 5.65. The van der Waals surface area contributed by atoms with Crippen molar-refractivity contribution in [2.24, 2.45) is 5.92 Å². The third-order valence-electron chi connectivity index (χ3n) is 1.31. The van der Waals surface area contributed by atoms with Crippen molar-refractivity contribution in [3.63, 3.8) is 0 Å². The van der Waals surface area contributed by atoms with E-state index in [4.69, 9.17) is 0 Å². The summed E-state index contributed by atoms with van der Waals surface area (Å²) in [6.45, 7) is 7.19. The molecular formula is C9H14O3. The van der Waals surface area contributed by atoms with Gasteiger partial charge in [-0.3, -0.25) is 4.79 Å². The smallest absolute Gasteiger partial charge is 0.337 e. The molecular weight excluding hydrogens is 156 g/mol. The molecule has 0 bridgehead atoms. The maximum Gasteiger partial charge on any atom is 0.337 e. The minimum atomic E-state index is -0.677. The molecule has 0 unspecified atom stereocenters. The van der Waals surface area contributed by atoms with Gasteiger partial charge in [-0.1, -0.05) is 20.4 Å². The van der Waals surface area contributed by atoms with Crippen molar-refractivity contribution in [2.75, 3.05) is 0 Å². The van der Waals surface area contributed by atoms with Crippen LogP contribution >= 0.6 is 0 Å². The van der Waals surface area contributed by atoms with Crippen molar-refractivity contribution < 1.29 is 14.3 Å². The minimum absolute atomic E-state index is 0.289. The van der Waals surface area contributed by atoms with Gasteiger partial charge in [0.25, 0.3) is 0 Å². The van der Waals surface area contributed by atoms with Gasteiger partial charge in [0.05, 0.1) is 0 Å². The minimum Gasteiger partial charge on any atom is -0.390 e. The van der Waals surface area contributed by atoms with Crippen LogP contribution in [0.4, 0.5) is 0 Å². The van der Waals surface area contributed by atoms with Crippen LogP contribution in [0.25, 0.3) is 0 Å². The van der Waals surface area contributed by atoms with Crippen LogP contribution in [-0.4, -0.2) is 11.9 Å². The van der Waals surface area contributed by atoms with Gasteiger partial charge in [-0.05, 0) is 12.3 Å². The Balaban J connectivity index is 3.60. The Hall–Kier alpha value is -1.12. The molecule has 3 heteroatoms. The Morgan fingerprint density at radius 1 is 1.50 bits per heavy atom. The van der Waals surface area contributed by atoms with E-state index in [0.717, 1.165) is 12.5 Å². The average Bonchev–Trinajstić information content (AvgIpc) is 2.00. The molecule has 0 saturated carbocycles. The Kier molecular flexibility index (Phi) is 5.00. The summed E-state index contributed by atoms with van der Waals surface area (Å²) in [6, 6.07) is 0. The standard InChI is InChI=1S/C9H14O3/c1-4-8(10)12-9(11)6-5-7(2)3/h4,7H,1,5-6H2,2-3H3. The van der Waals surface area contributed by atoms with Crippen LogP contribution in [0.3, 0.4) is 0 Å². The molecule has 0 spiro atoms. The van der Waals surface area contributed by atoms with Crippen LogP contribution in [0.15, 0.2) is 12.7 Å². The monoisotopic (exact) mass is 170 g/mol. The predicted octanol–water partition coefficient (Wildman–Crippen LogP) is 1.68. The highest BCUT2D eigenvalue weighted by atomic mass is 16.6. The first-order valence-electron chi connectivity index (χ1n) is 3.93. The summed E-state index contributed by atoms with van der Waals surface area (Å²) in [5, 5.41) is 0. The molecule has 0 atom stereocenters. The van der Waals surface area contributed by atoms with E-state index in [0.29, 0.717) is 5.92 Å². The first-order valence-corrected chi connectivity index (χ1v) is 3.93. The Labute approximate surface area is 72.4 Å². The maximum absolute atomic E-state index is 10.8. The number of esters is 2. The van der Waals surface area contributed by atoms with Gasteiger partial charge in [-0.15, -0.1) is 0 Å². The van der Waals surface area contributed by atoms with E-state index in [1.807, 2.05) is 13.8 Å². The van der Waals surface area contributed by atoms with E-state index in [2.05, 4.69) is 11.3 Å². The third-order valence-corrected chi connectivity index (χ3v) is 1.31. The molecule has 0 saturated heterocycles. The summed E-state index contributed by atoms with van der Waals surface area (Å²) in [5.74, 6) is -0.714. The fraction of sp³-hybridized carbons (Fsp3) is 0.556. The SMILES string of the molecule is C=CC(=O)OC(=O)CCC(C)C. The highest BCUT2D eigenvalue weighted by molar-refractivity contribution is 5.91. The number of ether oxygens (including phenoxy) is 1. The molecule has 0 amide bonds. The lowest BCUT2D eigenvalue weighted by atomic mass is 10.1. The van der Waals surface area contributed by atoms with E-state index in [1.54, 1.807) is 0 Å². The molecule has 0 fully saturated rings. The predicted molar refractivity (Wildman–Crippen MR) is 45.4 cm³/mol. The topological polar surface area (TPSA) is 43.4 Å². The van der Waals surface area contributed by atoms with Gasteiger partial charge >= 0.3 is 11.9 Å². The van der Waals surface area contributed by atoms with Crippen molar-refractivity contribution in [1.82, 2.24) is 0 Å². The van der Waals surface area contributed by atoms with E-state index < -0.39 is 11.9 Å². The van der Waals surface area contributed by atoms with Gasteiger partial charge in [-0.25, -0.2) is 4.79 Å². The number of carbonyl (C=O) groups is 2. The molecule has 0 aliphatic carbocycles. The average molecular weight is 170 g/mol. The number of hydrogen-bond donors (Lipinski definition) is 0. The highest BCUT2D eigenvalue weighted by Crippen LogP contribution is 2.04. The number of hydrogen-bond acceptors (Lipinski definition) is 3. The Bertz CT molecular complexity index is 182. The van der Waals surface area contributed by atoms with Crippen LogP contribution in [0.5, 0.6) is 0 Å². The summed E-state index contributed by atoms with van der Waals surface area (Å²) >= 11 is 0. The molecule has 3 nitrogen and oxygen atoms in total. The zero-order chi connectivity index (χ0) is 9.56. The summed E-state index contributed by atoms with van der Waals surface area (Å²) in [4.78, 5) is 21.3. The number of rotatable bonds is 4. The molecule has 0 aliphatic heterocycles. The summed E-state index contributed by atoms with van der Waals surface area (Å²) in [5.41, 5.74) is 0. The zero-order valence-corrected chi connectivity index (χ0v) is 7.50. The van der Waals surface area contributed by atoms with Gasteiger partial charge in [-0.2, -0.15) is 0 Å². The van der Waals surface area contributed by atoms with Crippen LogP contribution < -0.4 is 0 Å². The van der Waals surface area contributed by atoms with Gasteiger partial charge in [0.1, 0.15) is 0 Å². The van der Waals surface area contributed by atoms with Crippen LogP contribution in [0.1, 0.15) is 26.7 Å². The fourth-order valence-electron chi connectivity index (χ4n) is 0.611. The Morgan fingerprint density at radius 2 is 2.08 bits per heavy atom. The van der Waals surface area contributed by atoms with Crippen molar-refractivity contribution in [1.29, 1.82) is 0 Å². The molecule has 0 aromatic carbocycles. The number of carbonyl (C=O) groups excluding carboxylic acids is 2. The first kappa shape index (κ1) is 10.9. The zero-order valence-electron chi connectivity index (χ0n) is 7.50. The van der Waals surface area contributed by atoms with E-state index in [1.165, 1.54) is 0 Å². The first-order chi connectivity index (χ1) is 5.56. The molecule has 12 heavy (non-hydrogen) atoms. The van der Waals surface area contributed by atoms with Gasteiger partial charge < -0.3 is 4.74 Å². The van der Waals surface area contributed by atoms with E-state index in [9.17, 15) is 9.59 Å². The lowest BCUT2D eigenvalue weighted by molar-refractivity contribution is -0.156. The molecule has 0 heterocycles. The summed E-state index contributed by atoms with van der Waals surface area (Å²) in [7, 11) is 0. The highest BCUT2D eigenvalue weighted by Gasteiger charge is 2.07. The largest absolute Gasteiger partial charge is 0.390 e. The van der Waals surface area contributed by atoms with Crippen LogP contribution in [0.2, 0.25) is 0 Å². The molecule has 68 valence electrons. The van der Waals surface area contributed by atoms with Crippen molar-refractivity contribution in [3.8, 4) is 0 Å². The summed E-state index contributed by atoms with van der Waals surface area (Å²) < 4.78 is 4.35. The van der Waals surface area contributed by atoms with Gasteiger partial charge in [0, 0.05) is 12.5 Å². The second-order valence-corrected chi connectivity index (χ2v) is 2.93. The van der Waals surface area contributed by atoms with Crippen molar-refractivity contribution in [2.45, 2.75) is 26.7 Å². The maximum atomic E-state index is 10.8. The van der Waals surface area contributed by atoms with E-state index >= 15 is 0 Å².